The van der Waals surface area contributed by atoms with Gasteiger partial charge in [0.1, 0.15) is 5.57 Å². The van der Waals surface area contributed by atoms with Crippen molar-refractivity contribution >= 4 is 41.2 Å². The molecule has 0 saturated carbocycles. The van der Waals surface area contributed by atoms with Crippen molar-refractivity contribution in [1.82, 2.24) is 10.3 Å². The lowest BCUT2D eigenvalue weighted by molar-refractivity contribution is -0.122. The number of rotatable bonds is 2. The van der Waals surface area contributed by atoms with E-state index in [4.69, 9.17) is 11.6 Å². The van der Waals surface area contributed by atoms with E-state index in [2.05, 4.69) is 10.3 Å². The van der Waals surface area contributed by atoms with Gasteiger partial charge in [0.2, 0.25) is 0 Å². The highest BCUT2D eigenvalue weighted by molar-refractivity contribution is 6.39. The first kappa shape index (κ1) is 14.9. The van der Waals surface area contributed by atoms with Crippen molar-refractivity contribution in [1.29, 1.82) is 0 Å². The summed E-state index contributed by atoms with van der Waals surface area (Å²) < 4.78 is 0. The van der Waals surface area contributed by atoms with Crippen LogP contribution in [-0.4, -0.2) is 22.8 Å². The Labute approximate surface area is 136 Å². The monoisotopic (exact) mass is 327 g/mol. The minimum Gasteiger partial charge on any atom is -0.273 e. The molecule has 0 radical (unpaired) electrons. The van der Waals surface area contributed by atoms with Gasteiger partial charge in [-0.2, -0.15) is 0 Å². The van der Waals surface area contributed by atoms with Crippen LogP contribution in [-0.2, 0) is 9.59 Å². The maximum atomic E-state index is 12.6. The van der Waals surface area contributed by atoms with Crippen molar-refractivity contribution in [2.75, 3.05) is 4.90 Å². The van der Waals surface area contributed by atoms with E-state index in [9.17, 15) is 14.4 Å². The zero-order valence-electron chi connectivity index (χ0n) is 11.7. The molecule has 0 spiro atoms. The molecule has 3 rings (SSSR count). The number of nitrogens with one attached hydrogen (secondary N) is 1. The number of anilines is 1. The second-order valence-electron chi connectivity index (χ2n) is 4.71. The van der Waals surface area contributed by atoms with Gasteiger partial charge in [0.15, 0.2) is 0 Å². The molecule has 4 amide bonds. The number of benzene rings is 1. The lowest BCUT2D eigenvalue weighted by atomic mass is 10.1. The van der Waals surface area contributed by atoms with Crippen LogP contribution < -0.4 is 10.2 Å². The highest BCUT2D eigenvalue weighted by atomic mass is 35.5. The quantitative estimate of drug-likeness (QED) is 0.678. The topological polar surface area (TPSA) is 79.4 Å². The average Bonchev–Trinajstić information content (AvgIpc) is 2.54. The summed E-state index contributed by atoms with van der Waals surface area (Å²) in [6.07, 6.45) is 4.49. The zero-order chi connectivity index (χ0) is 16.4. The largest absolute Gasteiger partial charge is 0.335 e. The van der Waals surface area contributed by atoms with Crippen LogP contribution in [0, 0.1) is 0 Å². The van der Waals surface area contributed by atoms with E-state index in [1.165, 1.54) is 18.2 Å². The van der Waals surface area contributed by atoms with E-state index in [0.717, 1.165) is 4.90 Å². The molecule has 23 heavy (non-hydrogen) atoms. The first-order valence-corrected chi connectivity index (χ1v) is 7.01. The van der Waals surface area contributed by atoms with Gasteiger partial charge in [-0.05, 0) is 48.0 Å². The third kappa shape index (κ3) is 2.97. The minimum atomic E-state index is -0.797. The molecule has 1 aliphatic rings. The van der Waals surface area contributed by atoms with Crippen LogP contribution in [0.15, 0.2) is 54.4 Å². The van der Waals surface area contributed by atoms with Crippen LogP contribution in [0.3, 0.4) is 0 Å². The molecular formula is C16H10ClN3O3. The van der Waals surface area contributed by atoms with E-state index in [1.807, 2.05) is 0 Å². The summed E-state index contributed by atoms with van der Waals surface area (Å²) in [4.78, 5) is 41.3. The van der Waals surface area contributed by atoms with E-state index < -0.39 is 17.8 Å². The number of carbonyl (C=O) groups excluding carboxylic acids is 3. The molecule has 0 bridgehead atoms. The number of amides is 4. The molecule has 0 unspecified atom stereocenters. The molecule has 2 heterocycles. The number of halogens is 1. The number of hydrogen-bond acceptors (Lipinski definition) is 4. The Morgan fingerprint density at radius 3 is 2.30 bits per heavy atom. The fourth-order valence-corrected chi connectivity index (χ4v) is 2.23. The molecule has 2 aromatic rings. The standard InChI is InChI=1S/C16H10ClN3O3/c17-11-1-3-12(4-2-11)20-15(22)13(14(21)19-16(20)23)9-10-5-7-18-8-6-10/h1-9H,(H,19,21,23)/b13-9+. The molecule has 1 saturated heterocycles. The summed E-state index contributed by atoms with van der Waals surface area (Å²) in [5.74, 6) is -1.43. The van der Waals surface area contributed by atoms with E-state index in [0.29, 0.717) is 16.3 Å². The summed E-state index contributed by atoms with van der Waals surface area (Å²) in [5.41, 5.74) is 0.819. The molecule has 1 N–H and O–H groups in total. The van der Waals surface area contributed by atoms with Crippen molar-refractivity contribution < 1.29 is 14.4 Å². The number of urea groups is 1. The van der Waals surface area contributed by atoms with E-state index in [-0.39, 0.29) is 5.57 Å². The van der Waals surface area contributed by atoms with Gasteiger partial charge in [0.25, 0.3) is 11.8 Å². The van der Waals surface area contributed by atoms with Crippen LogP contribution in [0.5, 0.6) is 0 Å². The first-order valence-electron chi connectivity index (χ1n) is 6.63. The molecular weight excluding hydrogens is 318 g/mol. The zero-order valence-corrected chi connectivity index (χ0v) is 12.4. The molecule has 1 aromatic carbocycles. The number of aromatic nitrogens is 1. The van der Waals surface area contributed by atoms with Crippen molar-refractivity contribution in [2.24, 2.45) is 0 Å². The average molecular weight is 328 g/mol. The summed E-state index contributed by atoms with van der Waals surface area (Å²) in [6, 6.07) is 8.67. The molecule has 114 valence electrons. The normalized spacial score (nSPS) is 16.7. The fourth-order valence-electron chi connectivity index (χ4n) is 2.11. The Morgan fingerprint density at radius 1 is 1.00 bits per heavy atom. The molecule has 1 fully saturated rings. The van der Waals surface area contributed by atoms with E-state index in [1.54, 1.807) is 36.7 Å². The maximum absolute atomic E-state index is 12.6. The molecule has 6 nitrogen and oxygen atoms in total. The fraction of sp³-hybridized carbons (Fsp3) is 0. The van der Waals surface area contributed by atoms with Crippen LogP contribution in [0.4, 0.5) is 10.5 Å². The number of nitrogens with zero attached hydrogens (tertiary/aromatic N) is 2. The van der Waals surface area contributed by atoms with Gasteiger partial charge in [-0.15, -0.1) is 0 Å². The Balaban J connectivity index is 2.01. The molecule has 1 aromatic heterocycles. The predicted octanol–water partition coefficient (Wildman–Crippen LogP) is 2.40. The molecule has 0 aliphatic carbocycles. The van der Waals surface area contributed by atoms with Crippen LogP contribution in [0.25, 0.3) is 6.08 Å². The number of carbonyl (C=O) groups is 3. The Kier molecular flexibility index (Phi) is 3.91. The summed E-state index contributed by atoms with van der Waals surface area (Å²) in [7, 11) is 0. The summed E-state index contributed by atoms with van der Waals surface area (Å²) in [6.45, 7) is 0. The third-order valence-electron chi connectivity index (χ3n) is 3.20. The van der Waals surface area contributed by atoms with Gasteiger partial charge in [-0.3, -0.25) is 19.9 Å². The van der Waals surface area contributed by atoms with Gasteiger partial charge in [-0.25, -0.2) is 9.69 Å². The number of imide groups is 2. The van der Waals surface area contributed by atoms with Crippen LogP contribution in [0.1, 0.15) is 5.56 Å². The van der Waals surface area contributed by atoms with Gasteiger partial charge in [0, 0.05) is 17.4 Å². The van der Waals surface area contributed by atoms with Crippen LogP contribution >= 0.6 is 11.6 Å². The lowest BCUT2D eigenvalue weighted by Gasteiger charge is -2.26. The Morgan fingerprint density at radius 2 is 1.65 bits per heavy atom. The summed E-state index contributed by atoms with van der Waals surface area (Å²) in [5, 5.41) is 2.63. The Bertz CT molecular complexity index is 816. The predicted molar refractivity (Wildman–Crippen MR) is 84.7 cm³/mol. The second-order valence-corrected chi connectivity index (χ2v) is 5.15. The van der Waals surface area contributed by atoms with E-state index >= 15 is 0 Å². The molecule has 1 aliphatic heterocycles. The molecule has 7 heteroatoms. The summed E-state index contributed by atoms with van der Waals surface area (Å²) >= 11 is 5.81. The van der Waals surface area contributed by atoms with Crippen molar-refractivity contribution in [3.63, 3.8) is 0 Å². The van der Waals surface area contributed by atoms with Crippen molar-refractivity contribution in [2.45, 2.75) is 0 Å². The lowest BCUT2D eigenvalue weighted by Crippen LogP contribution is -2.54. The van der Waals surface area contributed by atoms with Gasteiger partial charge >= 0.3 is 6.03 Å². The number of barbiturate groups is 1. The SMILES string of the molecule is O=C1NC(=O)N(c2ccc(Cl)cc2)C(=O)/C1=C/c1ccncc1. The smallest absolute Gasteiger partial charge is 0.273 e. The van der Waals surface area contributed by atoms with Gasteiger partial charge < -0.3 is 0 Å². The van der Waals surface area contributed by atoms with Crippen LogP contribution in [0.2, 0.25) is 5.02 Å². The minimum absolute atomic E-state index is 0.134. The number of hydrogen-bond donors (Lipinski definition) is 1. The van der Waals surface area contributed by atoms with Gasteiger partial charge in [0.05, 0.1) is 5.69 Å². The maximum Gasteiger partial charge on any atom is 0.335 e. The first-order chi connectivity index (χ1) is 11.1. The van der Waals surface area contributed by atoms with Crippen molar-refractivity contribution in [3.05, 3.63) is 65.0 Å². The second kappa shape index (κ2) is 6.02. The highest BCUT2D eigenvalue weighted by Gasteiger charge is 2.36. The van der Waals surface area contributed by atoms with Gasteiger partial charge in [-0.1, -0.05) is 11.6 Å². The van der Waals surface area contributed by atoms with Crippen molar-refractivity contribution in [3.8, 4) is 0 Å². The number of pyridine rings is 1. The molecule has 0 atom stereocenters. The Hall–Kier alpha value is -2.99. The third-order valence-corrected chi connectivity index (χ3v) is 3.46. The highest BCUT2D eigenvalue weighted by Crippen LogP contribution is 2.23.